The lowest BCUT2D eigenvalue weighted by Gasteiger charge is -2.36. The van der Waals surface area contributed by atoms with E-state index in [0.717, 1.165) is 23.3 Å². The van der Waals surface area contributed by atoms with Crippen molar-refractivity contribution >= 4 is 31.8 Å². The number of hydrogen-bond donors (Lipinski definition) is 1. The van der Waals surface area contributed by atoms with Gasteiger partial charge in [0.15, 0.2) is 8.32 Å². The molecule has 1 unspecified atom stereocenters. The molecular weight excluding hydrogens is 370 g/mol. The molecule has 2 rings (SSSR count). The van der Waals surface area contributed by atoms with Gasteiger partial charge in [0.25, 0.3) is 0 Å². The monoisotopic (exact) mass is 403 g/mol. The Morgan fingerprint density at radius 2 is 1.93 bits per heavy atom. The van der Waals surface area contributed by atoms with Crippen molar-refractivity contribution in [3.8, 4) is 5.75 Å². The number of thiophene rings is 1. The fraction of sp³-hybridized carbons (Fsp3) is 0.455. The Balaban J connectivity index is 2.01. The maximum Gasteiger partial charge on any atom is 0.191 e. The zero-order chi connectivity index (χ0) is 20.1. The van der Waals surface area contributed by atoms with Crippen LogP contribution in [0.5, 0.6) is 5.75 Å². The highest BCUT2D eigenvalue weighted by Gasteiger charge is 2.36. The first-order valence-electron chi connectivity index (χ1n) is 9.43. The van der Waals surface area contributed by atoms with Gasteiger partial charge in [0.05, 0.1) is 7.11 Å². The van der Waals surface area contributed by atoms with Crippen LogP contribution in [0, 0.1) is 0 Å². The normalized spacial score (nSPS) is 13.9. The molecule has 0 aliphatic rings. The summed E-state index contributed by atoms with van der Waals surface area (Å²) in [5.41, 5.74) is 8.56. The molecule has 0 aliphatic heterocycles. The minimum absolute atomic E-state index is 0.0565. The zero-order valence-electron chi connectivity index (χ0n) is 17.4. The molecule has 2 N–H and O–H groups in total. The molecule has 3 nitrogen and oxygen atoms in total. The highest BCUT2D eigenvalue weighted by Crippen LogP contribution is 2.37. The van der Waals surface area contributed by atoms with E-state index in [1.807, 2.05) is 6.07 Å². The average molecular weight is 404 g/mol. The Labute approximate surface area is 169 Å². The van der Waals surface area contributed by atoms with E-state index in [1.165, 1.54) is 4.88 Å². The van der Waals surface area contributed by atoms with Gasteiger partial charge in [-0.3, -0.25) is 0 Å². The van der Waals surface area contributed by atoms with Crippen molar-refractivity contribution in [1.82, 2.24) is 0 Å². The number of ether oxygens (including phenoxy) is 1. The van der Waals surface area contributed by atoms with Gasteiger partial charge in [0.2, 0.25) is 0 Å². The van der Waals surface area contributed by atoms with E-state index >= 15 is 0 Å². The molecule has 0 saturated heterocycles. The summed E-state index contributed by atoms with van der Waals surface area (Å²) < 4.78 is 11.8. The summed E-state index contributed by atoms with van der Waals surface area (Å²) in [4.78, 5) is 1.22. The molecular formula is C22H33NO2SSi. The van der Waals surface area contributed by atoms with Crippen molar-refractivity contribution in [2.24, 2.45) is 5.73 Å². The minimum atomic E-state index is -1.72. The third-order valence-electron chi connectivity index (χ3n) is 5.35. The van der Waals surface area contributed by atoms with Gasteiger partial charge in [0.1, 0.15) is 5.75 Å². The van der Waals surface area contributed by atoms with Crippen LogP contribution in [0.25, 0.3) is 12.2 Å². The molecule has 2 aromatic rings. The number of hydrogen-bond acceptors (Lipinski definition) is 4. The van der Waals surface area contributed by atoms with Crippen LogP contribution >= 0.6 is 11.3 Å². The smallest absolute Gasteiger partial charge is 0.191 e. The van der Waals surface area contributed by atoms with Crippen molar-refractivity contribution in [2.75, 3.05) is 13.7 Å². The van der Waals surface area contributed by atoms with Crippen LogP contribution in [0.3, 0.4) is 0 Å². The second kappa shape index (κ2) is 9.19. The van der Waals surface area contributed by atoms with Gasteiger partial charge in [-0.25, -0.2) is 0 Å². The van der Waals surface area contributed by atoms with Gasteiger partial charge in [-0.05, 0) is 59.8 Å². The largest absolute Gasteiger partial charge is 0.496 e. The summed E-state index contributed by atoms with van der Waals surface area (Å²) in [5.74, 6) is 0.848. The molecule has 0 amide bonds. The number of rotatable bonds is 8. The molecule has 1 aromatic carbocycles. The van der Waals surface area contributed by atoms with Gasteiger partial charge >= 0.3 is 0 Å². The van der Waals surface area contributed by atoms with E-state index in [2.05, 4.69) is 75.7 Å². The highest BCUT2D eigenvalue weighted by molar-refractivity contribution is 7.10. The molecule has 0 saturated carbocycles. The summed E-state index contributed by atoms with van der Waals surface area (Å²) in [6.07, 6.45) is 5.00. The van der Waals surface area contributed by atoms with Gasteiger partial charge in [-0.2, -0.15) is 0 Å². The fourth-order valence-corrected chi connectivity index (χ4v) is 4.16. The minimum Gasteiger partial charge on any atom is -0.496 e. The van der Waals surface area contributed by atoms with E-state index in [-0.39, 0.29) is 11.1 Å². The van der Waals surface area contributed by atoms with Crippen LogP contribution in [0.15, 0.2) is 35.7 Å². The van der Waals surface area contributed by atoms with Crippen LogP contribution in [-0.2, 0) is 4.43 Å². The quantitative estimate of drug-likeness (QED) is 0.523. The fourth-order valence-electron chi connectivity index (χ4n) is 2.48. The van der Waals surface area contributed by atoms with Crippen molar-refractivity contribution in [3.05, 3.63) is 51.7 Å². The Morgan fingerprint density at radius 1 is 1.19 bits per heavy atom. The van der Waals surface area contributed by atoms with Crippen molar-refractivity contribution in [2.45, 2.75) is 51.4 Å². The molecule has 1 atom stereocenters. The predicted molar refractivity (Wildman–Crippen MR) is 121 cm³/mol. The molecule has 0 spiro atoms. The Hall–Kier alpha value is -1.40. The molecule has 0 bridgehead atoms. The average Bonchev–Trinajstić information content (AvgIpc) is 3.12. The van der Waals surface area contributed by atoms with Crippen molar-refractivity contribution in [3.63, 3.8) is 0 Å². The molecule has 1 heterocycles. The molecule has 0 radical (unpaired) electrons. The lowest BCUT2D eigenvalue weighted by atomic mass is 10.0. The van der Waals surface area contributed by atoms with Crippen molar-refractivity contribution in [1.29, 1.82) is 0 Å². The highest BCUT2D eigenvalue weighted by atomic mass is 32.1. The number of methoxy groups -OCH3 is 1. The van der Waals surface area contributed by atoms with E-state index in [1.54, 1.807) is 18.4 Å². The summed E-state index contributed by atoms with van der Waals surface area (Å²) in [6, 6.07) is 10.3. The third kappa shape index (κ3) is 6.04. The number of benzene rings is 1. The van der Waals surface area contributed by atoms with Crippen LogP contribution in [0.2, 0.25) is 18.1 Å². The van der Waals surface area contributed by atoms with E-state index in [9.17, 15) is 0 Å². The predicted octanol–water partition coefficient (Wildman–Crippen LogP) is 6.34. The van der Waals surface area contributed by atoms with Crippen LogP contribution in [0.1, 0.15) is 49.2 Å². The maximum absolute atomic E-state index is 6.42. The molecule has 5 heteroatoms. The first kappa shape index (κ1) is 21.9. The lowest BCUT2D eigenvalue weighted by Crippen LogP contribution is -2.41. The first-order valence-corrected chi connectivity index (χ1v) is 13.2. The third-order valence-corrected chi connectivity index (χ3v) is 10.7. The molecule has 0 aliphatic carbocycles. The Kier molecular flexibility index (Phi) is 7.45. The van der Waals surface area contributed by atoms with Gasteiger partial charge in [-0.1, -0.05) is 39.0 Å². The molecule has 148 valence electrons. The SMILES string of the molecule is COc1cc(C(N)CCO[Si](C)(C)C(C)(C)C)ccc1C=Cc1cccs1. The van der Waals surface area contributed by atoms with E-state index in [4.69, 9.17) is 14.9 Å². The summed E-state index contributed by atoms with van der Waals surface area (Å²) in [5, 5.41) is 2.29. The summed E-state index contributed by atoms with van der Waals surface area (Å²) >= 11 is 1.72. The van der Waals surface area contributed by atoms with Gasteiger partial charge in [0, 0.05) is 23.1 Å². The van der Waals surface area contributed by atoms with Gasteiger partial charge < -0.3 is 14.9 Å². The first-order chi connectivity index (χ1) is 12.6. The van der Waals surface area contributed by atoms with Crippen molar-refractivity contribution < 1.29 is 9.16 Å². The zero-order valence-corrected chi connectivity index (χ0v) is 19.2. The molecule has 0 fully saturated rings. The Morgan fingerprint density at radius 3 is 2.52 bits per heavy atom. The molecule has 27 heavy (non-hydrogen) atoms. The van der Waals surface area contributed by atoms with Gasteiger partial charge in [-0.15, -0.1) is 11.3 Å². The van der Waals surface area contributed by atoms with Crippen LogP contribution in [-0.4, -0.2) is 22.0 Å². The summed E-state index contributed by atoms with van der Waals surface area (Å²) in [6.45, 7) is 12.0. The summed E-state index contributed by atoms with van der Waals surface area (Å²) in [7, 11) is -0.0229. The standard InChI is InChI=1S/C22H33NO2SSi/c1-22(2,3)27(5,6)25-14-13-20(23)18-10-9-17(21(16-18)24-4)11-12-19-8-7-15-26-19/h7-12,15-16,20H,13-14,23H2,1-6H3. The maximum atomic E-state index is 6.42. The second-order valence-electron chi connectivity index (χ2n) is 8.35. The van der Waals surface area contributed by atoms with Crippen LogP contribution < -0.4 is 10.5 Å². The van der Waals surface area contributed by atoms with E-state index < -0.39 is 8.32 Å². The van der Waals surface area contributed by atoms with Crippen LogP contribution in [0.4, 0.5) is 0 Å². The van der Waals surface area contributed by atoms with E-state index in [0.29, 0.717) is 6.61 Å². The molecule has 1 aromatic heterocycles. The topological polar surface area (TPSA) is 44.5 Å². The second-order valence-corrected chi connectivity index (χ2v) is 14.1. The lowest BCUT2D eigenvalue weighted by molar-refractivity contribution is 0.272. The number of nitrogens with two attached hydrogens (primary N) is 1. The Bertz CT molecular complexity index is 748.